The molecule has 176 valence electrons. The summed E-state index contributed by atoms with van der Waals surface area (Å²) in [4.78, 5) is 31.5. The summed E-state index contributed by atoms with van der Waals surface area (Å²) in [5.74, 6) is -0.322. The van der Waals surface area contributed by atoms with Gasteiger partial charge >= 0.3 is 0 Å². The minimum absolute atomic E-state index is 0.00507. The SMILES string of the molecule is CC(C)C(=O)N(CCN1CCOCC1)CC(=O)N1N=C(c2cccs2)C[C@H]1c1ccccc1. The number of hydrogen-bond acceptors (Lipinski definition) is 6. The van der Waals surface area contributed by atoms with E-state index in [1.807, 2.05) is 61.7 Å². The largest absolute Gasteiger partial charge is 0.379 e. The number of rotatable bonds is 8. The van der Waals surface area contributed by atoms with E-state index in [4.69, 9.17) is 9.84 Å². The molecule has 1 aromatic carbocycles. The molecule has 1 aromatic heterocycles. The van der Waals surface area contributed by atoms with Gasteiger partial charge in [-0.15, -0.1) is 11.3 Å². The van der Waals surface area contributed by atoms with E-state index >= 15 is 0 Å². The van der Waals surface area contributed by atoms with E-state index in [2.05, 4.69) is 4.90 Å². The topological polar surface area (TPSA) is 65.5 Å². The molecule has 8 heteroatoms. The molecular formula is C25H32N4O3S. The van der Waals surface area contributed by atoms with Crippen LogP contribution in [0.25, 0.3) is 0 Å². The third kappa shape index (κ3) is 5.88. The molecular weight excluding hydrogens is 436 g/mol. The average Bonchev–Trinajstić information content (AvgIpc) is 3.52. The monoisotopic (exact) mass is 468 g/mol. The second kappa shape index (κ2) is 11.0. The number of morpholine rings is 1. The third-order valence-corrected chi connectivity index (χ3v) is 7.00. The average molecular weight is 469 g/mol. The van der Waals surface area contributed by atoms with E-state index in [1.165, 1.54) is 0 Å². The van der Waals surface area contributed by atoms with Crippen LogP contribution in [0.5, 0.6) is 0 Å². The van der Waals surface area contributed by atoms with Gasteiger partial charge in [-0.2, -0.15) is 5.10 Å². The molecule has 33 heavy (non-hydrogen) atoms. The van der Waals surface area contributed by atoms with Crippen LogP contribution in [0.4, 0.5) is 0 Å². The summed E-state index contributed by atoms with van der Waals surface area (Å²) in [5.41, 5.74) is 1.97. The number of hydrogen-bond donors (Lipinski definition) is 0. The maximum Gasteiger partial charge on any atom is 0.262 e. The lowest BCUT2D eigenvalue weighted by Gasteiger charge is -2.31. The van der Waals surface area contributed by atoms with Crippen LogP contribution in [-0.2, 0) is 14.3 Å². The van der Waals surface area contributed by atoms with Gasteiger partial charge in [0.25, 0.3) is 5.91 Å². The Labute approximate surface area is 199 Å². The third-order valence-electron chi connectivity index (χ3n) is 6.08. The highest BCUT2D eigenvalue weighted by molar-refractivity contribution is 7.12. The Hall–Kier alpha value is -2.55. The maximum absolute atomic E-state index is 13.5. The highest BCUT2D eigenvalue weighted by Crippen LogP contribution is 2.33. The molecule has 0 aliphatic carbocycles. The number of hydrazone groups is 1. The zero-order valence-corrected chi connectivity index (χ0v) is 20.2. The van der Waals surface area contributed by atoms with Crippen LogP contribution in [0.15, 0.2) is 52.9 Å². The van der Waals surface area contributed by atoms with Crippen molar-refractivity contribution in [2.24, 2.45) is 11.0 Å². The Morgan fingerprint density at radius 3 is 2.58 bits per heavy atom. The summed E-state index contributed by atoms with van der Waals surface area (Å²) in [6, 6.07) is 13.9. The molecule has 1 atom stereocenters. The van der Waals surface area contributed by atoms with Crippen molar-refractivity contribution in [2.45, 2.75) is 26.3 Å². The number of thiophene rings is 1. The fraction of sp³-hybridized carbons (Fsp3) is 0.480. The normalized spacial score (nSPS) is 19.1. The number of carbonyl (C=O) groups is 2. The van der Waals surface area contributed by atoms with E-state index in [0.717, 1.165) is 35.8 Å². The summed E-state index contributed by atoms with van der Waals surface area (Å²) in [7, 11) is 0. The Balaban J connectivity index is 1.51. The minimum Gasteiger partial charge on any atom is -0.379 e. The van der Waals surface area contributed by atoms with Gasteiger partial charge in [-0.1, -0.05) is 50.2 Å². The molecule has 0 N–H and O–H groups in total. The molecule has 0 bridgehead atoms. The predicted molar refractivity (Wildman–Crippen MR) is 130 cm³/mol. The van der Waals surface area contributed by atoms with Crippen molar-refractivity contribution in [1.82, 2.24) is 14.8 Å². The minimum atomic E-state index is -0.170. The van der Waals surface area contributed by atoms with E-state index in [9.17, 15) is 9.59 Å². The van der Waals surface area contributed by atoms with Crippen molar-refractivity contribution in [2.75, 3.05) is 45.9 Å². The molecule has 2 amide bonds. The van der Waals surface area contributed by atoms with Crippen LogP contribution in [0.3, 0.4) is 0 Å². The quantitative estimate of drug-likeness (QED) is 0.597. The number of nitrogens with zero attached hydrogens (tertiary/aromatic N) is 4. The molecule has 7 nitrogen and oxygen atoms in total. The summed E-state index contributed by atoms with van der Waals surface area (Å²) >= 11 is 1.63. The van der Waals surface area contributed by atoms with Gasteiger partial charge in [-0.3, -0.25) is 14.5 Å². The summed E-state index contributed by atoms with van der Waals surface area (Å²) in [6.45, 7) is 8.19. The molecule has 1 fully saturated rings. The standard InChI is InChI=1S/C25H32N4O3S/c1-19(2)25(31)28(11-10-27-12-14-32-15-13-27)18-24(30)29-22(20-7-4-3-5-8-20)17-21(26-29)23-9-6-16-33-23/h3-9,16,19,22H,10-15,17-18H2,1-2H3/t22-/m0/s1. The van der Waals surface area contributed by atoms with Gasteiger partial charge in [0.05, 0.1) is 29.8 Å². The number of ether oxygens (including phenoxy) is 1. The molecule has 0 unspecified atom stereocenters. The van der Waals surface area contributed by atoms with E-state index < -0.39 is 0 Å². The first kappa shape index (κ1) is 23.6. The molecule has 2 aliphatic heterocycles. The Kier molecular flexibility index (Phi) is 7.90. The van der Waals surface area contributed by atoms with Gasteiger partial charge in [-0.25, -0.2) is 5.01 Å². The van der Waals surface area contributed by atoms with Gasteiger partial charge in [0.2, 0.25) is 5.91 Å². The van der Waals surface area contributed by atoms with E-state index in [-0.39, 0.29) is 30.3 Å². The molecule has 0 saturated carbocycles. The van der Waals surface area contributed by atoms with Gasteiger partial charge in [-0.05, 0) is 17.0 Å². The zero-order chi connectivity index (χ0) is 23.2. The lowest BCUT2D eigenvalue weighted by atomic mass is 10.0. The highest BCUT2D eigenvalue weighted by atomic mass is 32.1. The number of amides is 2. The molecule has 0 spiro atoms. The van der Waals surface area contributed by atoms with Crippen molar-refractivity contribution >= 4 is 28.9 Å². The van der Waals surface area contributed by atoms with E-state index in [1.54, 1.807) is 21.2 Å². The van der Waals surface area contributed by atoms with Crippen molar-refractivity contribution < 1.29 is 14.3 Å². The molecule has 1 saturated heterocycles. The van der Waals surface area contributed by atoms with Crippen LogP contribution in [0.2, 0.25) is 0 Å². The summed E-state index contributed by atoms with van der Waals surface area (Å²) < 4.78 is 5.42. The highest BCUT2D eigenvalue weighted by Gasteiger charge is 2.35. The van der Waals surface area contributed by atoms with Crippen LogP contribution in [0, 0.1) is 5.92 Å². The Morgan fingerprint density at radius 2 is 1.91 bits per heavy atom. The van der Waals surface area contributed by atoms with Crippen molar-refractivity contribution in [3.05, 3.63) is 58.3 Å². The summed E-state index contributed by atoms with van der Waals surface area (Å²) in [5, 5.41) is 8.36. The van der Waals surface area contributed by atoms with Crippen molar-refractivity contribution in [3.8, 4) is 0 Å². The molecule has 3 heterocycles. The lowest BCUT2D eigenvalue weighted by molar-refractivity contribution is -0.143. The Bertz CT molecular complexity index is 955. The number of benzene rings is 1. The van der Waals surface area contributed by atoms with Gasteiger partial charge in [0.1, 0.15) is 6.54 Å². The number of carbonyl (C=O) groups excluding carboxylic acids is 2. The molecule has 2 aromatic rings. The first-order chi connectivity index (χ1) is 16.0. The predicted octanol–water partition coefficient (Wildman–Crippen LogP) is 3.24. The van der Waals surface area contributed by atoms with Crippen molar-refractivity contribution in [1.29, 1.82) is 0 Å². The van der Waals surface area contributed by atoms with Crippen molar-refractivity contribution in [3.63, 3.8) is 0 Å². The van der Waals surface area contributed by atoms with Crippen LogP contribution >= 0.6 is 11.3 Å². The fourth-order valence-electron chi connectivity index (χ4n) is 4.22. The first-order valence-corrected chi connectivity index (χ1v) is 12.5. The molecule has 2 aliphatic rings. The first-order valence-electron chi connectivity index (χ1n) is 11.6. The van der Waals surface area contributed by atoms with Crippen LogP contribution in [0.1, 0.15) is 36.8 Å². The zero-order valence-electron chi connectivity index (χ0n) is 19.4. The second-order valence-electron chi connectivity index (χ2n) is 8.76. The smallest absolute Gasteiger partial charge is 0.262 e. The van der Waals surface area contributed by atoms with Crippen LogP contribution < -0.4 is 0 Å². The fourth-order valence-corrected chi connectivity index (χ4v) is 4.94. The molecule has 0 radical (unpaired) electrons. The Morgan fingerprint density at radius 1 is 1.15 bits per heavy atom. The second-order valence-corrected chi connectivity index (χ2v) is 9.71. The molecule has 4 rings (SSSR count). The van der Waals surface area contributed by atoms with Gasteiger partial charge < -0.3 is 9.64 Å². The van der Waals surface area contributed by atoms with Crippen LogP contribution in [-0.4, -0.2) is 78.3 Å². The lowest BCUT2D eigenvalue weighted by Crippen LogP contribution is -2.47. The van der Waals surface area contributed by atoms with Gasteiger partial charge in [0.15, 0.2) is 0 Å². The maximum atomic E-state index is 13.5. The van der Waals surface area contributed by atoms with E-state index in [0.29, 0.717) is 26.2 Å². The summed E-state index contributed by atoms with van der Waals surface area (Å²) in [6.07, 6.45) is 0.669. The van der Waals surface area contributed by atoms with Gasteiger partial charge in [0, 0.05) is 38.5 Å².